The molecule has 80 valence electrons. The minimum atomic E-state index is -0.755. The van der Waals surface area contributed by atoms with Crippen LogP contribution in [0.25, 0.3) is 0 Å². The van der Waals surface area contributed by atoms with E-state index >= 15 is 0 Å². The Hall–Kier alpha value is -0.770. The molecule has 0 radical (unpaired) electrons. The van der Waals surface area contributed by atoms with Crippen LogP contribution in [0, 0.1) is 5.41 Å². The molecular weight excluding hydrogens is 180 g/mol. The molecule has 2 fully saturated rings. The molecular formula is C10H18N2O2. The standard InChI is InChI=1S/C10H18N2O2/c1-11-8-2-3-10(6-8)4-5-12(7-10)9(13)14/h8,11H,2-7H2,1H3,(H,13,14). The maximum absolute atomic E-state index is 10.8. The largest absolute Gasteiger partial charge is 0.465 e. The summed E-state index contributed by atoms with van der Waals surface area (Å²) in [6.07, 6.45) is 3.83. The first-order valence-electron chi connectivity index (χ1n) is 5.30. The predicted molar refractivity (Wildman–Crippen MR) is 53.3 cm³/mol. The number of carbonyl (C=O) groups is 1. The van der Waals surface area contributed by atoms with Gasteiger partial charge in [0.25, 0.3) is 0 Å². The molecule has 1 aliphatic heterocycles. The predicted octanol–water partition coefficient (Wildman–Crippen LogP) is 1.13. The van der Waals surface area contributed by atoms with E-state index in [2.05, 4.69) is 5.32 Å². The van der Waals surface area contributed by atoms with Crippen LogP contribution in [0.3, 0.4) is 0 Å². The number of hydrogen-bond acceptors (Lipinski definition) is 2. The van der Waals surface area contributed by atoms with E-state index in [1.54, 1.807) is 4.90 Å². The highest BCUT2D eigenvalue weighted by molar-refractivity contribution is 5.65. The molecule has 1 saturated heterocycles. The lowest BCUT2D eigenvalue weighted by Gasteiger charge is -2.22. The molecule has 14 heavy (non-hydrogen) atoms. The Labute approximate surface area is 84.3 Å². The Kier molecular flexibility index (Phi) is 2.39. The lowest BCUT2D eigenvalue weighted by atomic mass is 9.85. The Bertz CT molecular complexity index is 244. The number of hydrogen-bond donors (Lipinski definition) is 2. The molecule has 0 aromatic heterocycles. The molecule has 1 aliphatic carbocycles. The fourth-order valence-corrected chi connectivity index (χ4v) is 2.92. The van der Waals surface area contributed by atoms with E-state index in [9.17, 15) is 4.79 Å². The van der Waals surface area contributed by atoms with Crippen LogP contribution >= 0.6 is 0 Å². The van der Waals surface area contributed by atoms with Crippen molar-refractivity contribution in [2.75, 3.05) is 20.1 Å². The van der Waals surface area contributed by atoms with Crippen molar-refractivity contribution in [2.24, 2.45) is 5.41 Å². The van der Waals surface area contributed by atoms with E-state index in [1.165, 1.54) is 12.8 Å². The van der Waals surface area contributed by atoms with E-state index in [0.717, 1.165) is 25.9 Å². The van der Waals surface area contributed by atoms with Gasteiger partial charge in [-0.3, -0.25) is 0 Å². The Morgan fingerprint density at radius 1 is 1.57 bits per heavy atom. The number of nitrogens with one attached hydrogen (secondary N) is 1. The van der Waals surface area contributed by atoms with Gasteiger partial charge in [0.05, 0.1) is 0 Å². The normalized spacial score (nSPS) is 36.9. The third kappa shape index (κ3) is 1.59. The Morgan fingerprint density at radius 3 is 2.86 bits per heavy atom. The number of rotatable bonds is 1. The van der Waals surface area contributed by atoms with Gasteiger partial charge in [-0.1, -0.05) is 0 Å². The van der Waals surface area contributed by atoms with Crippen LogP contribution in [0.2, 0.25) is 0 Å². The third-order valence-corrected chi connectivity index (χ3v) is 3.82. The van der Waals surface area contributed by atoms with Crippen LogP contribution in [0.4, 0.5) is 4.79 Å². The van der Waals surface area contributed by atoms with E-state index in [-0.39, 0.29) is 0 Å². The van der Waals surface area contributed by atoms with Crippen molar-refractivity contribution in [3.63, 3.8) is 0 Å². The third-order valence-electron chi connectivity index (χ3n) is 3.82. The number of likely N-dealkylation sites (tertiary alicyclic amines) is 1. The highest BCUT2D eigenvalue weighted by Gasteiger charge is 2.44. The highest BCUT2D eigenvalue weighted by atomic mass is 16.4. The lowest BCUT2D eigenvalue weighted by Crippen LogP contribution is -2.31. The van der Waals surface area contributed by atoms with Gasteiger partial charge in [-0.25, -0.2) is 4.79 Å². The molecule has 2 aliphatic rings. The molecule has 1 heterocycles. The Balaban J connectivity index is 1.97. The first kappa shape index (κ1) is 9.77. The summed E-state index contributed by atoms with van der Waals surface area (Å²) in [5, 5.41) is 12.2. The van der Waals surface area contributed by atoms with Crippen LogP contribution in [-0.2, 0) is 0 Å². The van der Waals surface area contributed by atoms with Crippen molar-refractivity contribution in [1.29, 1.82) is 0 Å². The molecule has 2 rings (SSSR count). The second kappa shape index (κ2) is 3.42. The number of carboxylic acid groups (broad SMARTS) is 1. The topological polar surface area (TPSA) is 52.6 Å². The smallest absolute Gasteiger partial charge is 0.407 e. The second-order valence-corrected chi connectivity index (χ2v) is 4.68. The lowest BCUT2D eigenvalue weighted by molar-refractivity contribution is 0.148. The summed E-state index contributed by atoms with van der Waals surface area (Å²) in [5.41, 5.74) is 0.298. The van der Waals surface area contributed by atoms with Crippen molar-refractivity contribution in [1.82, 2.24) is 10.2 Å². The monoisotopic (exact) mass is 198 g/mol. The zero-order valence-corrected chi connectivity index (χ0v) is 8.62. The first-order chi connectivity index (χ1) is 6.65. The molecule has 0 bridgehead atoms. The fourth-order valence-electron chi connectivity index (χ4n) is 2.92. The molecule has 1 amide bonds. The van der Waals surface area contributed by atoms with E-state index in [4.69, 9.17) is 5.11 Å². The summed E-state index contributed by atoms with van der Waals surface area (Å²) >= 11 is 0. The van der Waals surface area contributed by atoms with Crippen LogP contribution in [0.1, 0.15) is 25.7 Å². The van der Waals surface area contributed by atoms with Gasteiger partial charge >= 0.3 is 6.09 Å². The summed E-state index contributed by atoms with van der Waals surface area (Å²) < 4.78 is 0. The average molecular weight is 198 g/mol. The summed E-state index contributed by atoms with van der Waals surface area (Å²) in [6.45, 7) is 1.48. The van der Waals surface area contributed by atoms with Gasteiger partial charge in [0, 0.05) is 19.1 Å². The number of nitrogens with zero attached hydrogens (tertiary/aromatic N) is 1. The van der Waals surface area contributed by atoms with Gasteiger partial charge in [-0.05, 0) is 38.1 Å². The molecule has 1 saturated carbocycles. The van der Waals surface area contributed by atoms with Crippen molar-refractivity contribution >= 4 is 6.09 Å². The van der Waals surface area contributed by atoms with Gasteiger partial charge < -0.3 is 15.3 Å². The summed E-state index contributed by atoms with van der Waals surface area (Å²) in [7, 11) is 1.99. The van der Waals surface area contributed by atoms with Crippen molar-refractivity contribution in [3.05, 3.63) is 0 Å². The molecule has 4 nitrogen and oxygen atoms in total. The van der Waals surface area contributed by atoms with Crippen LogP contribution in [0.15, 0.2) is 0 Å². The van der Waals surface area contributed by atoms with Gasteiger partial charge in [-0.2, -0.15) is 0 Å². The van der Waals surface area contributed by atoms with Crippen molar-refractivity contribution in [3.8, 4) is 0 Å². The van der Waals surface area contributed by atoms with Crippen LogP contribution in [0.5, 0.6) is 0 Å². The summed E-state index contributed by atoms with van der Waals surface area (Å²) in [5.74, 6) is 0. The van der Waals surface area contributed by atoms with Crippen molar-refractivity contribution in [2.45, 2.75) is 31.7 Å². The molecule has 0 aromatic carbocycles. The molecule has 1 spiro atoms. The quantitative estimate of drug-likeness (QED) is 0.664. The first-order valence-corrected chi connectivity index (χ1v) is 5.30. The maximum Gasteiger partial charge on any atom is 0.407 e. The highest BCUT2D eigenvalue weighted by Crippen LogP contribution is 2.45. The SMILES string of the molecule is CNC1CCC2(CCN(C(=O)O)C2)C1. The van der Waals surface area contributed by atoms with Gasteiger partial charge in [0.15, 0.2) is 0 Å². The molecule has 0 aromatic rings. The van der Waals surface area contributed by atoms with E-state index in [1.807, 2.05) is 7.05 Å². The van der Waals surface area contributed by atoms with E-state index < -0.39 is 6.09 Å². The van der Waals surface area contributed by atoms with E-state index in [0.29, 0.717) is 11.5 Å². The van der Waals surface area contributed by atoms with Gasteiger partial charge in [0.2, 0.25) is 0 Å². The average Bonchev–Trinajstić information content (AvgIpc) is 2.74. The fraction of sp³-hybridized carbons (Fsp3) is 0.900. The number of amides is 1. The van der Waals surface area contributed by atoms with Crippen molar-refractivity contribution < 1.29 is 9.90 Å². The van der Waals surface area contributed by atoms with Crippen LogP contribution in [-0.4, -0.2) is 42.3 Å². The van der Waals surface area contributed by atoms with Gasteiger partial charge in [0.1, 0.15) is 0 Å². The zero-order chi connectivity index (χ0) is 10.2. The summed E-state index contributed by atoms with van der Waals surface area (Å²) in [6, 6.07) is 0.601. The van der Waals surface area contributed by atoms with Gasteiger partial charge in [-0.15, -0.1) is 0 Å². The maximum atomic E-state index is 10.8. The minimum Gasteiger partial charge on any atom is -0.465 e. The van der Waals surface area contributed by atoms with Crippen LogP contribution < -0.4 is 5.32 Å². The molecule has 2 atom stereocenters. The minimum absolute atomic E-state index is 0.298. The zero-order valence-electron chi connectivity index (χ0n) is 8.62. The summed E-state index contributed by atoms with van der Waals surface area (Å²) in [4.78, 5) is 12.4. The second-order valence-electron chi connectivity index (χ2n) is 4.68. The molecule has 2 unspecified atom stereocenters. The Morgan fingerprint density at radius 2 is 2.36 bits per heavy atom. The molecule has 4 heteroatoms. The molecule has 2 N–H and O–H groups in total.